The molecule has 0 aliphatic heterocycles. The van der Waals surface area contributed by atoms with E-state index in [0.717, 1.165) is 45.9 Å². The number of ketones is 1. The second-order valence-electron chi connectivity index (χ2n) is 10.2. The van der Waals surface area contributed by atoms with Crippen molar-refractivity contribution in [3.05, 3.63) is 75.4 Å². The van der Waals surface area contributed by atoms with Gasteiger partial charge < -0.3 is 14.6 Å². The summed E-state index contributed by atoms with van der Waals surface area (Å²) in [6.07, 6.45) is 7.67. The van der Waals surface area contributed by atoms with Gasteiger partial charge in [0.05, 0.1) is 5.69 Å². The smallest absolute Gasteiger partial charge is 0.226 e. The van der Waals surface area contributed by atoms with Crippen LogP contribution < -0.4 is 0 Å². The number of hydrogen-bond donors (Lipinski definition) is 1. The Morgan fingerprint density at radius 2 is 2.00 bits per heavy atom. The van der Waals surface area contributed by atoms with Crippen LogP contribution in [0.15, 0.2) is 63.3 Å². The first kappa shape index (κ1) is 28.6. The Morgan fingerprint density at radius 1 is 1.24 bits per heavy atom. The summed E-state index contributed by atoms with van der Waals surface area (Å²) >= 11 is 6.14. The van der Waals surface area contributed by atoms with Gasteiger partial charge >= 0.3 is 0 Å². The minimum Gasteiger partial charge on any atom is -0.484 e. The van der Waals surface area contributed by atoms with Gasteiger partial charge in [-0.25, -0.2) is 4.98 Å². The standard InChI is InChI=1S/C30H38ClN3O3/c1-7-9-28(35)30(5,6)37-27-15-20(2)14-23(16-21(27)3)18-34(13-12-32)19-26-22(4)36-29(33-26)24-10-8-11-25(31)17-24/h8,10-12,14,16-17,32H,7,9,13,15,18-19H2,1-6H3. The number of ether oxygens (including phenoxy) is 1. The van der Waals surface area contributed by atoms with Crippen molar-refractivity contribution in [2.24, 2.45) is 0 Å². The van der Waals surface area contributed by atoms with Crippen LogP contribution in [0.25, 0.3) is 11.5 Å². The maximum absolute atomic E-state index is 12.6. The molecule has 1 heterocycles. The molecule has 0 fully saturated rings. The highest BCUT2D eigenvalue weighted by molar-refractivity contribution is 6.30. The van der Waals surface area contributed by atoms with E-state index >= 15 is 0 Å². The van der Waals surface area contributed by atoms with E-state index in [1.807, 2.05) is 58.9 Å². The maximum Gasteiger partial charge on any atom is 0.226 e. The van der Waals surface area contributed by atoms with E-state index < -0.39 is 5.60 Å². The molecule has 198 valence electrons. The number of rotatable bonds is 12. The molecular formula is C30H38ClN3O3. The molecule has 0 radical (unpaired) electrons. The summed E-state index contributed by atoms with van der Waals surface area (Å²) in [5.74, 6) is 2.23. The van der Waals surface area contributed by atoms with Gasteiger partial charge in [0.2, 0.25) is 5.89 Å². The molecule has 0 atom stereocenters. The number of aromatic nitrogens is 1. The van der Waals surface area contributed by atoms with Crippen LogP contribution in [0.2, 0.25) is 5.02 Å². The number of carbonyl (C=O) groups is 1. The zero-order valence-electron chi connectivity index (χ0n) is 22.8. The van der Waals surface area contributed by atoms with Crippen molar-refractivity contribution in [3.63, 3.8) is 0 Å². The summed E-state index contributed by atoms with van der Waals surface area (Å²) in [4.78, 5) is 19.5. The molecule has 0 saturated heterocycles. The summed E-state index contributed by atoms with van der Waals surface area (Å²) < 4.78 is 12.2. The fourth-order valence-electron chi connectivity index (χ4n) is 4.37. The first-order valence-corrected chi connectivity index (χ1v) is 13.1. The lowest BCUT2D eigenvalue weighted by Gasteiger charge is -2.27. The average Bonchev–Trinajstić information content (AvgIpc) is 3.12. The molecule has 0 unspecified atom stereocenters. The zero-order chi connectivity index (χ0) is 27.2. The maximum atomic E-state index is 12.6. The van der Waals surface area contributed by atoms with Gasteiger partial charge in [-0.3, -0.25) is 9.69 Å². The van der Waals surface area contributed by atoms with E-state index in [0.29, 0.717) is 43.4 Å². The number of benzene rings is 1. The van der Waals surface area contributed by atoms with Gasteiger partial charge in [0.25, 0.3) is 0 Å². The van der Waals surface area contributed by atoms with Crippen molar-refractivity contribution < 1.29 is 13.9 Å². The van der Waals surface area contributed by atoms with E-state index in [2.05, 4.69) is 24.0 Å². The number of oxazole rings is 1. The van der Waals surface area contributed by atoms with Crippen LogP contribution >= 0.6 is 11.6 Å². The van der Waals surface area contributed by atoms with Gasteiger partial charge in [-0.05, 0) is 70.4 Å². The molecule has 0 saturated carbocycles. The monoisotopic (exact) mass is 523 g/mol. The summed E-state index contributed by atoms with van der Waals surface area (Å²) in [7, 11) is 0. The third-order valence-electron chi connectivity index (χ3n) is 6.33. The average molecular weight is 524 g/mol. The summed E-state index contributed by atoms with van der Waals surface area (Å²) in [6.45, 7) is 13.4. The molecule has 1 N–H and O–H groups in total. The van der Waals surface area contributed by atoms with E-state index in [4.69, 9.17) is 31.1 Å². The molecule has 1 aromatic carbocycles. The number of hydrogen-bond acceptors (Lipinski definition) is 6. The normalized spacial score (nSPS) is 14.4. The molecule has 0 spiro atoms. The van der Waals surface area contributed by atoms with Crippen LogP contribution in [-0.2, 0) is 16.1 Å². The van der Waals surface area contributed by atoms with Crippen molar-refractivity contribution in [1.29, 1.82) is 5.41 Å². The van der Waals surface area contributed by atoms with Crippen molar-refractivity contribution in [2.75, 3.05) is 13.1 Å². The van der Waals surface area contributed by atoms with Crippen molar-refractivity contribution in [1.82, 2.24) is 9.88 Å². The highest BCUT2D eigenvalue weighted by atomic mass is 35.5. The Hall–Kier alpha value is -2.96. The SMILES string of the molecule is CCCC(=O)C(C)(C)OC1=C(C)C=C(CN(CC=N)Cc2nc(-c3cccc(Cl)c3)oc2C)C=C(C)C1. The first-order valence-electron chi connectivity index (χ1n) is 12.8. The molecule has 2 aromatic rings. The van der Waals surface area contributed by atoms with Crippen LogP contribution in [0, 0.1) is 12.3 Å². The molecule has 0 amide bonds. The second-order valence-corrected chi connectivity index (χ2v) is 10.6. The molecule has 1 aromatic heterocycles. The predicted octanol–water partition coefficient (Wildman–Crippen LogP) is 7.47. The largest absolute Gasteiger partial charge is 0.484 e. The zero-order valence-corrected chi connectivity index (χ0v) is 23.5. The molecule has 1 aliphatic carbocycles. The third kappa shape index (κ3) is 7.76. The second kappa shape index (κ2) is 12.5. The van der Waals surface area contributed by atoms with Gasteiger partial charge in [0, 0.05) is 49.3 Å². The van der Waals surface area contributed by atoms with Crippen molar-refractivity contribution in [3.8, 4) is 11.5 Å². The van der Waals surface area contributed by atoms with Crippen LogP contribution in [0.3, 0.4) is 0 Å². The van der Waals surface area contributed by atoms with E-state index in [1.165, 1.54) is 6.21 Å². The highest BCUT2D eigenvalue weighted by Crippen LogP contribution is 2.30. The number of allylic oxidation sites excluding steroid dienone is 3. The Morgan fingerprint density at radius 3 is 2.68 bits per heavy atom. The lowest BCUT2D eigenvalue weighted by atomic mass is 9.99. The van der Waals surface area contributed by atoms with Crippen LogP contribution in [0.1, 0.15) is 65.3 Å². The number of aryl methyl sites for hydroxylation is 1. The number of carbonyl (C=O) groups excluding carboxylic acids is 1. The minimum absolute atomic E-state index is 0.114. The van der Waals surface area contributed by atoms with E-state index in [-0.39, 0.29) is 5.78 Å². The molecule has 0 bridgehead atoms. The Balaban J connectivity index is 1.81. The molecule has 1 aliphatic rings. The molecule has 7 heteroatoms. The Kier molecular flexibility index (Phi) is 9.68. The van der Waals surface area contributed by atoms with Gasteiger partial charge in [-0.1, -0.05) is 42.3 Å². The third-order valence-corrected chi connectivity index (χ3v) is 6.57. The Bertz CT molecular complexity index is 1240. The number of nitrogens with zero attached hydrogens (tertiary/aromatic N) is 2. The molecular weight excluding hydrogens is 486 g/mol. The number of Topliss-reactive ketones (excluding diaryl/α,β-unsaturated/α-hetero) is 1. The quantitative estimate of drug-likeness (QED) is 0.292. The summed E-state index contributed by atoms with van der Waals surface area (Å²) in [5, 5.41) is 8.37. The Labute approximate surface area is 225 Å². The van der Waals surface area contributed by atoms with E-state index in [9.17, 15) is 4.79 Å². The lowest BCUT2D eigenvalue weighted by Crippen LogP contribution is -2.34. The predicted molar refractivity (Wildman–Crippen MR) is 150 cm³/mol. The first-order chi connectivity index (χ1) is 17.5. The summed E-state index contributed by atoms with van der Waals surface area (Å²) in [5.41, 5.74) is 4.09. The molecule has 6 nitrogen and oxygen atoms in total. The van der Waals surface area contributed by atoms with Gasteiger partial charge in [0.1, 0.15) is 11.5 Å². The number of nitrogens with one attached hydrogen (secondary N) is 1. The van der Waals surface area contributed by atoms with Crippen molar-refractivity contribution >= 4 is 23.6 Å². The molecule has 3 rings (SSSR count). The lowest BCUT2D eigenvalue weighted by molar-refractivity contribution is -0.136. The fraction of sp³-hybridized carbons (Fsp3) is 0.433. The van der Waals surface area contributed by atoms with Crippen LogP contribution in [-0.4, -0.2) is 40.6 Å². The fourth-order valence-corrected chi connectivity index (χ4v) is 4.56. The van der Waals surface area contributed by atoms with Gasteiger partial charge in [0.15, 0.2) is 11.4 Å². The minimum atomic E-state index is -0.859. The van der Waals surface area contributed by atoms with Crippen LogP contribution in [0.4, 0.5) is 0 Å². The van der Waals surface area contributed by atoms with Crippen LogP contribution in [0.5, 0.6) is 0 Å². The summed E-state index contributed by atoms with van der Waals surface area (Å²) in [6, 6.07) is 7.45. The number of halogens is 1. The van der Waals surface area contributed by atoms with Crippen molar-refractivity contribution in [2.45, 2.75) is 73.0 Å². The van der Waals surface area contributed by atoms with Gasteiger partial charge in [-0.2, -0.15) is 0 Å². The van der Waals surface area contributed by atoms with E-state index in [1.54, 1.807) is 0 Å². The molecule has 37 heavy (non-hydrogen) atoms. The highest BCUT2D eigenvalue weighted by Gasteiger charge is 2.30. The topological polar surface area (TPSA) is 79.4 Å². The van der Waals surface area contributed by atoms with Gasteiger partial charge in [-0.15, -0.1) is 0 Å².